The number of hydrogen-bond acceptors (Lipinski definition) is 3. The van der Waals surface area contributed by atoms with E-state index in [0.717, 1.165) is 11.6 Å². The van der Waals surface area contributed by atoms with Gasteiger partial charge in [0, 0.05) is 5.56 Å². The monoisotopic (exact) mass is 272 g/mol. The van der Waals surface area contributed by atoms with E-state index < -0.39 is 11.7 Å². The first-order chi connectivity index (χ1) is 9.43. The van der Waals surface area contributed by atoms with Crippen molar-refractivity contribution in [2.45, 2.75) is 20.8 Å². The van der Waals surface area contributed by atoms with Crippen molar-refractivity contribution in [1.29, 1.82) is 5.26 Å². The fraction of sp³-hybridized carbons (Fsp3) is 0.200. The van der Waals surface area contributed by atoms with Gasteiger partial charge in [0.25, 0.3) is 5.91 Å². The second kappa shape index (κ2) is 5.17. The average Bonchev–Trinajstić information content (AvgIpc) is 2.65. The van der Waals surface area contributed by atoms with Crippen molar-refractivity contribution in [3.8, 4) is 6.07 Å². The van der Waals surface area contributed by atoms with Crippen LogP contribution in [0.4, 0.5) is 10.1 Å². The highest BCUT2D eigenvalue weighted by Gasteiger charge is 2.19. The minimum Gasteiger partial charge on any atom is -0.466 e. The Balaban J connectivity index is 2.31. The molecule has 1 amide bonds. The molecule has 1 N–H and O–H groups in total. The quantitative estimate of drug-likeness (QED) is 0.910. The van der Waals surface area contributed by atoms with Crippen LogP contribution in [0.5, 0.6) is 0 Å². The number of benzene rings is 1. The first kappa shape index (κ1) is 13.8. The highest BCUT2D eigenvalue weighted by atomic mass is 19.1. The van der Waals surface area contributed by atoms with Gasteiger partial charge in [0.2, 0.25) is 0 Å². The molecule has 2 aromatic rings. The first-order valence-electron chi connectivity index (χ1n) is 6.01. The highest BCUT2D eigenvalue weighted by molar-refractivity contribution is 6.06. The smallest absolute Gasteiger partial charge is 0.259 e. The molecule has 0 saturated heterocycles. The summed E-state index contributed by atoms with van der Waals surface area (Å²) in [5.41, 5.74) is 1.37. The third-order valence-corrected chi connectivity index (χ3v) is 3.13. The van der Waals surface area contributed by atoms with E-state index in [2.05, 4.69) is 5.32 Å². The zero-order valence-corrected chi connectivity index (χ0v) is 11.4. The normalized spacial score (nSPS) is 10.2. The Morgan fingerprint density at radius 3 is 2.50 bits per heavy atom. The maximum atomic E-state index is 13.7. The third kappa shape index (κ3) is 2.41. The summed E-state index contributed by atoms with van der Waals surface area (Å²) in [4.78, 5) is 12.2. The predicted octanol–water partition coefficient (Wildman–Crippen LogP) is 3.47. The molecule has 1 aromatic carbocycles. The zero-order chi connectivity index (χ0) is 14.9. The van der Waals surface area contributed by atoms with Gasteiger partial charge in [-0.25, -0.2) is 4.39 Å². The fourth-order valence-corrected chi connectivity index (χ4v) is 2.00. The van der Waals surface area contributed by atoms with Gasteiger partial charge >= 0.3 is 0 Å². The minimum atomic E-state index is -0.645. The summed E-state index contributed by atoms with van der Waals surface area (Å²) in [7, 11) is 0. The lowest BCUT2D eigenvalue weighted by atomic mass is 10.1. The molecule has 1 heterocycles. The van der Waals surface area contributed by atoms with Crippen LogP contribution in [0.25, 0.3) is 0 Å². The molecule has 0 atom stereocenters. The van der Waals surface area contributed by atoms with Crippen molar-refractivity contribution >= 4 is 11.6 Å². The molecular formula is C15H13FN2O2. The molecule has 1 aromatic heterocycles. The number of carbonyl (C=O) groups excluding carboxylic acids is 1. The van der Waals surface area contributed by atoms with Crippen LogP contribution in [0.15, 0.2) is 22.6 Å². The Morgan fingerprint density at radius 2 is 2.00 bits per heavy atom. The standard InChI is InChI=1S/C15H13FN2O2/c1-8-9(2)20-10(3)14(8)15(19)18-13-5-4-11(7-17)6-12(13)16/h4-6H,1-3H3,(H,18,19). The van der Waals surface area contributed by atoms with E-state index >= 15 is 0 Å². The third-order valence-electron chi connectivity index (χ3n) is 3.13. The van der Waals surface area contributed by atoms with Gasteiger partial charge in [-0.3, -0.25) is 4.79 Å². The fourth-order valence-electron chi connectivity index (χ4n) is 2.00. The van der Waals surface area contributed by atoms with Crippen LogP contribution in [0.1, 0.15) is 33.0 Å². The molecule has 0 bridgehead atoms. The van der Waals surface area contributed by atoms with Crippen molar-refractivity contribution in [3.63, 3.8) is 0 Å². The van der Waals surface area contributed by atoms with Gasteiger partial charge in [-0.05, 0) is 39.0 Å². The molecule has 0 aliphatic carbocycles. The highest BCUT2D eigenvalue weighted by Crippen LogP contribution is 2.23. The van der Waals surface area contributed by atoms with Crippen LogP contribution < -0.4 is 5.32 Å². The van der Waals surface area contributed by atoms with Crippen molar-refractivity contribution in [1.82, 2.24) is 0 Å². The average molecular weight is 272 g/mol. The molecule has 2 rings (SSSR count). The summed E-state index contributed by atoms with van der Waals surface area (Å²) in [6, 6.07) is 5.72. The lowest BCUT2D eigenvalue weighted by Crippen LogP contribution is -2.14. The van der Waals surface area contributed by atoms with E-state index in [9.17, 15) is 9.18 Å². The topological polar surface area (TPSA) is 66.0 Å². The predicted molar refractivity (Wildman–Crippen MR) is 72.0 cm³/mol. The van der Waals surface area contributed by atoms with Crippen molar-refractivity contribution in [2.24, 2.45) is 0 Å². The molecule has 0 unspecified atom stereocenters. The van der Waals surface area contributed by atoms with E-state index in [1.54, 1.807) is 20.8 Å². The summed E-state index contributed by atoms with van der Waals surface area (Å²) in [6.07, 6.45) is 0. The van der Waals surface area contributed by atoms with E-state index in [1.807, 2.05) is 6.07 Å². The number of halogens is 1. The Bertz CT molecular complexity index is 726. The van der Waals surface area contributed by atoms with Gasteiger partial charge in [0.1, 0.15) is 17.3 Å². The molecule has 20 heavy (non-hydrogen) atoms. The number of hydrogen-bond donors (Lipinski definition) is 1. The Kier molecular flexibility index (Phi) is 3.57. The number of anilines is 1. The van der Waals surface area contributed by atoms with E-state index in [0.29, 0.717) is 17.1 Å². The molecule has 5 heteroatoms. The van der Waals surface area contributed by atoms with Gasteiger partial charge < -0.3 is 9.73 Å². The van der Waals surface area contributed by atoms with Crippen LogP contribution in [0.3, 0.4) is 0 Å². The van der Waals surface area contributed by atoms with Crippen LogP contribution >= 0.6 is 0 Å². The van der Waals surface area contributed by atoms with Gasteiger partial charge in [-0.15, -0.1) is 0 Å². The Hall–Kier alpha value is -2.61. The maximum absolute atomic E-state index is 13.7. The van der Waals surface area contributed by atoms with Crippen molar-refractivity contribution in [3.05, 3.63) is 52.2 Å². The lowest BCUT2D eigenvalue weighted by Gasteiger charge is -2.06. The molecule has 0 aliphatic rings. The van der Waals surface area contributed by atoms with Gasteiger partial charge in [-0.1, -0.05) is 0 Å². The summed E-state index contributed by atoms with van der Waals surface area (Å²) >= 11 is 0. The number of nitrogens with zero attached hydrogens (tertiary/aromatic N) is 1. The van der Waals surface area contributed by atoms with Crippen LogP contribution in [0.2, 0.25) is 0 Å². The molecular weight excluding hydrogens is 259 g/mol. The SMILES string of the molecule is Cc1oc(C)c(C(=O)Nc2ccc(C#N)cc2F)c1C. The molecule has 4 nitrogen and oxygen atoms in total. The number of nitrogens with one attached hydrogen (secondary N) is 1. The summed E-state index contributed by atoms with van der Waals surface area (Å²) < 4.78 is 19.1. The number of aryl methyl sites for hydroxylation is 2. The second-order valence-corrected chi connectivity index (χ2v) is 4.47. The summed E-state index contributed by atoms with van der Waals surface area (Å²) in [6.45, 7) is 5.22. The molecule has 0 aliphatic heterocycles. The van der Waals surface area contributed by atoms with Gasteiger partial charge in [-0.2, -0.15) is 5.26 Å². The van der Waals surface area contributed by atoms with Crippen LogP contribution in [-0.2, 0) is 0 Å². The molecule has 102 valence electrons. The number of furan rings is 1. The summed E-state index contributed by atoms with van der Waals surface area (Å²) in [5.74, 6) is 0.0767. The number of carbonyl (C=O) groups is 1. The van der Waals surface area contributed by atoms with Crippen LogP contribution in [-0.4, -0.2) is 5.91 Å². The van der Waals surface area contributed by atoms with Crippen molar-refractivity contribution < 1.29 is 13.6 Å². The molecule has 0 fully saturated rings. The van der Waals surface area contributed by atoms with E-state index in [4.69, 9.17) is 9.68 Å². The van der Waals surface area contributed by atoms with Gasteiger partial charge in [0.15, 0.2) is 0 Å². The lowest BCUT2D eigenvalue weighted by molar-refractivity contribution is 0.102. The van der Waals surface area contributed by atoms with E-state index in [-0.39, 0.29) is 11.3 Å². The first-order valence-corrected chi connectivity index (χ1v) is 6.01. The van der Waals surface area contributed by atoms with Crippen LogP contribution in [0, 0.1) is 37.9 Å². The minimum absolute atomic E-state index is 0.0339. The number of nitriles is 1. The van der Waals surface area contributed by atoms with Crippen molar-refractivity contribution in [2.75, 3.05) is 5.32 Å². The molecule has 0 radical (unpaired) electrons. The second-order valence-electron chi connectivity index (χ2n) is 4.47. The maximum Gasteiger partial charge on any atom is 0.259 e. The Labute approximate surface area is 115 Å². The number of amides is 1. The molecule has 0 saturated carbocycles. The van der Waals surface area contributed by atoms with E-state index in [1.165, 1.54) is 12.1 Å². The number of rotatable bonds is 2. The molecule has 0 spiro atoms. The zero-order valence-electron chi connectivity index (χ0n) is 11.4. The van der Waals surface area contributed by atoms with Gasteiger partial charge in [0.05, 0.1) is 22.9 Å². The largest absolute Gasteiger partial charge is 0.466 e. The summed E-state index contributed by atoms with van der Waals surface area (Å²) in [5, 5.41) is 11.2. The Morgan fingerprint density at radius 1 is 1.30 bits per heavy atom.